The van der Waals surface area contributed by atoms with E-state index in [-0.39, 0.29) is 11.7 Å². The van der Waals surface area contributed by atoms with Crippen LogP contribution in [0.4, 0.5) is 10.1 Å². The molecule has 156 valence electrons. The number of aromatic nitrogens is 1. The Morgan fingerprint density at radius 1 is 1.06 bits per heavy atom. The fraction of sp³-hybridized carbons (Fsp3) is 0.333. The molecule has 2 aliphatic rings. The lowest BCUT2D eigenvalue weighted by Crippen LogP contribution is -2.15. The minimum Gasteiger partial charge on any atom is -0.326 e. The largest absolute Gasteiger partial charge is 0.326 e. The van der Waals surface area contributed by atoms with E-state index in [9.17, 15) is 9.18 Å². The van der Waals surface area contributed by atoms with Gasteiger partial charge in [-0.15, -0.1) is 6.42 Å². The molecular formula is C27H25FN2O. The van der Waals surface area contributed by atoms with Crippen molar-refractivity contribution in [2.75, 3.05) is 5.32 Å². The summed E-state index contributed by atoms with van der Waals surface area (Å²) in [5, 5.41) is 3.94. The lowest BCUT2D eigenvalue weighted by Gasteiger charge is -2.17. The summed E-state index contributed by atoms with van der Waals surface area (Å²) in [5.74, 6) is 4.63. The molecule has 2 aromatic carbocycles. The summed E-state index contributed by atoms with van der Waals surface area (Å²) in [6.45, 7) is 0. The fourth-order valence-electron chi connectivity index (χ4n) is 5.78. The average Bonchev–Trinajstić information content (AvgIpc) is 3.32. The lowest BCUT2D eigenvalue weighted by molar-refractivity contribution is -0.117. The smallest absolute Gasteiger partial charge is 0.224 e. The monoisotopic (exact) mass is 412 g/mol. The number of pyridine rings is 1. The fourth-order valence-corrected chi connectivity index (χ4v) is 5.78. The number of hydrogen-bond acceptors (Lipinski definition) is 2. The Morgan fingerprint density at radius 2 is 1.81 bits per heavy atom. The van der Waals surface area contributed by atoms with E-state index < -0.39 is 0 Å². The molecular weight excluding hydrogens is 387 g/mol. The van der Waals surface area contributed by atoms with Crippen LogP contribution in [0.2, 0.25) is 0 Å². The molecule has 0 saturated heterocycles. The molecule has 1 N–H and O–H groups in total. The zero-order chi connectivity index (χ0) is 21.4. The Morgan fingerprint density at radius 3 is 2.52 bits per heavy atom. The van der Waals surface area contributed by atoms with Crippen molar-refractivity contribution >= 4 is 22.5 Å². The van der Waals surface area contributed by atoms with E-state index in [1.165, 1.54) is 11.6 Å². The Bertz CT molecular complexity index is 1150. The predicted molar refractivity (Wildman–Crippen MR) is 121 cm³/mol. The van der Waals surface area contributed by atoms with Gasteiger partial charge < -0.3 is 5.32 Å². The second-order valence-corrected chi connectivity index (χ2v) is 9.06. The van der Waals surface area contributed by atoms with Crippen molar-refractivity contribution in [1.82, 2.24) is 4.98 Å². The number of fused-ring (bicyclic) bond motifs is 2. The highest BCUT2D eigenvalue weighted by Gasteiger charge is 2.42. The third kappa shape index (κ3) is 4.05. The molecule has 0 radical (unpaired) electrons. The Hall–Kier alpha value is -3.19. The standard InChI is InChI=1S/C27H25FN2O/c1-2-17-3-6-23(7-4-17)30-27(31)13-18-11-19-14-21(15-20(19)12-18)24-9-10-29-26-8-5-22(28)16-25(24)26/h1,3-10,16,18-21H,11-15H2,(H,30,31)/t18?,19-,20?,21?/m1/s1. The van der Waals surface area contributed by atoms with Gasteiger partial charge in [0.15, 0.2) is 0 Å². The van der Waals surface area contributed by atoms with Gasteiger partial charge in [0, 0.05) is 29.3 Å². The van der Waals surface area contributed by atoms with Crippen LogP contribution in [0.15, 0.2) is 54.7 Å². The number of nitrogens with one attached hydrogen (secondary N) is 1. The molecule has 0 bridgehead atoms. The van der Waals surface area contributed by atoms with Crippen LogP contribution in [0.5, 0.6) is 0 Å². The topological polar surface area (TPSA) is 42.0 Å². The zero-order valence-electron chi connectivity index (χ0n) is 17.4. The Kier molecular flexibility index (Phi) is 5.19. The molecule has 3 nitrogen and oxygen atoms in total. The van der Waals surface area contributed by atoms with Crippen LogP contribution >= 0.6 is 0 Å². The summed E-state index contributed by atoms with van der Waals surface area (Å²) in [6.07, 6.45) is 12.2. The van der Waals surface area contributed by atoms with Crippen LogP contribution < -0.4 is 5.32 Å². The van der Waals surface area contributed by atoms with Crippen molar-refractivity contribution in [3.63, 3.8) is 0 Å². The summed E-state index contributed by atoms with van der Waals surface area (Å²) in [6, 6.07) is 14.3. The number of nitrogens with zero attached hydrogens (tertiary/aromatic N) is 1. The van der Waals surface area contributed by atoms with Gasteiger partial charge in [-0.2, -0.15) is 0 Å². The van der Waals surface area contributed by atoms with Crippen LogP contribution in [0.3, 0.4) is 0 Å². The molecule has 1 amide bonds. The molecule has 2 aliphatic carbocycles. The van der Waals surface area contributed by atoms with Gasteiger partial charge >= 0.3 is 0 Å². The third-order valence-electron chi connectivity index (χ3n) is 7.10. The number of halogens is 1. The minimum absolute atomic E-state index is 0.0746. The molecule has 5 rings (SSSR count). The second-order valence-electron chi connectivity index (χ2n) is 9.06. The van der Waals surface area contributed by atoms with E-state index in [0.29, 0.717) is 30.1 Å². The van der Waals surface area contributed by atoms with Gasteiger partial charge in [0.1, 0.15) is 5.82 Å². The van der Waals surface area contributed by atoms with Gasteiger partial charge in [0.05, 0.1) is 5.52 Å². The summed E-state index contributed by atoms with van der Waals surface area (Å²) < 4.78 is 13.8. The van der Waals surface area contributed by atoms with Gasteiger partial charge in [-0.3, -0.25) is 9.78 Å². The predicted octanol–water partition coefficient (Wildman–Crippen LogP) is 5.90. The maximum atomic E-state index is 13.8. The summed E-state index contributed by atoms with van der Waals surface area (Å²) in [4.78, 5) is 16.9. The Labute approximate surface area is 182 Å². The summed E-state index contributed by atoms with van der Waals surface area (Å²) >= 11 is 0. The normalized spacial score (nSPS) is 24.6. The average molecular weight is 413 g/mol. The Balaban J connectivity index is 1.20. The van der Waals surface area contributed by atoms with Gasteiger partial charge in [0.2, 0.25) is 5.91 Å². The molecule has 31 heavy (non-hydrogen) atoms. The number of rotatable bonds is 4. The number of anilines is 1. The number of hydrogen-bond donors (Lipinski definition) is 1. The summed E-state index contributed by atoms with van der Waals surface area (Å²) in [7, 11) is 0. The van der Waals surface area contributed by atoms with Crippen LogP contribution in [0.25, 0.3) is 10.9 Å². The van der Waals surface area contributed by atoms with Crippen LogP contribution in [0, 0.1) is 35.9 Å². The van der Waals surface area contributed by atoms with Crippen molar-refractivity contribution in [2.45, 2.75) is 38.0 Å². The van der Waals surface area contributed by atoms with Crippen molar-refractivity contribution < 1.29 is 9.18 Å². The highest BCUT2D eigenvalue weighted by Crippen LogP contribution is 2.53. The third-order valence-corrected chi connectivity index (χ3v) is 7.10. The molecule has 3 aromatic rings. The first-order chi connectivity index (χ1) is 15.1. The number of benzene rings is 2. The molecule has 3 unspecified atom stereocenters. The summed E-state index contributed by atoms with van der Waals surface area (Å²) in [5.41, 5.74) is 3.68. The van der Waals surface area contributed by atoms with E-state index in [0.717, 1.165) is 47.8 Å². The first-order valence-corrected chi connectivity index (χ1v) is 11.0. The molecule has 4 atom stereocenters. The van der Waals surface area contributed by atoms with E-state index in [2.05, 4.69) is 22.3 Å². The molecule has 0 aliphatic heterocycles. The highest BCUT2D eigenvalue weighted by molar-refractivity contribution is 5.91. The van der Waals surface area contributed by atoms with Crippen LogP contribution in [-0.4, -0.2) is 10.9 Å². The van der Waals surface area contributed by atoms with Crippen molar-refractivity contribution in [3.05, 3.63) is 71.7 Å². The van der Waals surface area contributed by atoms with Gasteiger partial charge in [-0.1, -0.05) is 5.92 Å². The molecule has 2 fully saturated rings. The molecule has 4 heteroatoms. The quantitative estimate of drug-likeness (QED) is 0.542. The van der Waals surface area contributed by atoms with Crippen molar-refractivity contribution in [2.24, 2.45) is 17.8 Å². The first-order valence-electron chi connectivity index (χ1n) is 11.0. The first kappa shape index (κ1) is 19.8. The second kappa shape index (κ2) is 8.15. The SMILES string of the molecule is C#Cc1ccc(NC(=O)CC2CC3CC(c4ccnc5ccc(F)cc45)C[C@H]3C2)cc1. The van der Waals surface area contributed by atoms with Gasteiger partial charge in [-0.25, -0.2) is 4.39 Å². The minimum atomic E-state index is -0.208. The van der Waals surface area contributed by atoms with Gasteiger partial charge in [-0.05, 0) is 103 Å². The van der Waals surface area contributed by atoms with Crippen molar-refractivity contribution in [1.29, 1.82) is 0 Å². The van der Waals surface area contributed by atoms with Crippen molar-refractivity contribution in [3.8, 4) is 12.3 Å². The molecule has 2 saturated carbocycles. The van der Waals surface area contributed by atoms with Crippen LogP contribution in [-0.2, 0) is 4.79 Å². The highest BCUT2D eigenvalue weighted by atomic mass is 19.1. The van der Waals surface area contributed by atoms with E-state index in [4.69, 9.17) is 6.42 Å². The van der Waals surface area contributed by atoms with E-state index in [1.807, 2.05) is 30.5 Å². The molecule has 1 aromatic heterocycles. The van der Waals surface area contributed by atoms with E-state index in [1.54, 1.807) is 12.1 Å². The maximum Gasteiger partial charge on any atom is 0.224 e. The van der Waals surface area contributed by atoms with Crippen LogP contribution in [0.1, 0.15) is 49.1 Å². The maximum absolute atomic E-state index is 13.8. The lowest BCUT2D eigenvalue weighted by atomic mass is 9.89. The van der Waals surface area contributed by atoms with Gasteiger partial charge in [0.25, 0.3) is 0 Å². The molecule has 0 spiro atoms. The number of carbonyl (C=O) groups excluding carboxylic acids is 1. The van der Waals surface area contributed by atoms with E-state index >= 15 is 0 Å². The number of amides is 1. The number of carbonyl (C=O) groups is 1. The number of terminal acetylenes is 1. The molecule has 1 heterocycles. The zero-order valence-corrected chi connectivity index (χ0v) is 17.4.